The van der Waals surface area contributed by atoms with Gasteiger partial charge in [-0.05, 0) is 38.1 Å². The molecule has 0 radical (unpaired) electrons. The number of aryl methyl sites for hydroxylation is 2. The topological polar surface area (TPSA) is 80.5 Å². The van der Waals surface area contributed by atoms with Crippen molar-refractivity contribution in [2.24, 2.45) is 0 Å². The van der Waals surface area contributed by atoms with Crippen LogP contribution in [-0.4, -0.2) is 34.8 Å². The number of aromatic nitrogens is 4. The Hall–Kier alpha value is -3.56. The Kier molecular flexibility index (Phi) is 5.89. The van der Waals surface area contributed by atoms with Crippen LogP contribution in [0.15, 0.2) is 83.8 Å². The first-order chi connectivity index (χ1) is 16.4. The number of rotatable bonds is 7. The third-order valence-electron chi connectivity index (χ3n) is 5.55. The summed E-state index contributed by atoms with van der Waals surface area (Å²) in [5.74, 6) is 0.615. The summed E-state index contributed by atoms with van der Waals surface area (Å²) in [5.41, 5.74) is 3.68. The summed E-state index contributed by atoms with van der Waals surface area (Å²) >= 11 is 1.45. The number of hydrogen-bond acceptors (Lipinski definition) is 6. The summed E-state index contributed by atoms with van der Waals surface area (Å²) in [7, 11) is -3.77. The SMILES string of the molecule is Cc1ccc(N(CCc2nnc3sc(-c4ccccc4)nn23)S(=O)(=O)c2ccc(C)cc2)cc1. The molecule has 5 aromatic rings. The molecule has 7 nitrogen and oxygen atoms in total. The van der Waals surface area contributed by atoms with Crippen LogP contribution in [-0.2, 0) is 16.4 Å². The molecule has 0 fully saturated rings. The molecule has 0 aliphatic carbocycles. The number of fused-ring (bicyclic) bond motifs is 1. The van der Waals surface area contributed by atoms with E-state index in [1.807, 2.05) is 80.6 Å². The van der Waals surface area contributed by atoms with Crippen molar-refractivity contribution in [2.45, 2.75) is 25.2 Å². The predicted octanol–water partition coefficient (Wildman–Crippen LogP) is 4.91. The highest BCUT2D eigenvalue weighted by Crippen LogP contribution is 2.27. The molecule has 9 heteroatoms. The average Bonchev–Trinajstić information content (AvgIpc) is 3.43. The number of hydrogen-bond donors (Lipinski definition) is 0. The summed E-state index contributed by atoms with van der Waals surface area (Å²) in [6.45, 7) is 4.11. The molecule has 0 spiro atoms. The van der Waals surface area contributed by atoms with Crippen LogP contribution in [0.5, 0.6) is 0 Å². The minimum absolute atomic E-state index is 0.207. The quantitative estimate of drug-likeness (QED) is 0.325. The lowest BCUT2D eigenvalue weighted by Gasteiger charge is -2.24. The first-order valence-corrected chi connectivity index (χ1v) is 13.1. The van der Waals surface area contributed by atoms with Crippen LogP contribution in [0.2, 0.25) is 0 Å². The van der Waals surface area contributed by atoms with Crippen molar-refractivity contribution in [2.75, 3.05) is 10.8 Å². The molecule has 0 aliphatic rings. The maximum Gasteiger partial charge on any atom is 0.264 e. The molecule has 0 N–H and O–H groups in total. The highest BCUT2D eigenvalue weighted by molar-refractivity contribution is 7.92. The fourth-order valence-corrected chi connectivity index (χ4v) is 5.98. The Bertz CT molecular complexity index is 1520. The normalized spacial score (nSPS) is 11.7. The first kappa shape index (κ1) is 22.2. The molecule has 34 heavy (non-hydrogen) atoms. The van der Waals surface area contributed by atoms with Crippen molar-refractivity contribution in [3.8, 4) is 10.6 Å². The van der Waals surface area contributed by atoms with Gasteiger partial charge in [-0.25, -0.2) is 8.42 Å². The highest BCUT2D eigenvalue weighted by Gasteiger charge is 2.26. The molecule has 3 aromatic carbocycles. The Morgan fingerprint density at radius 2 is 1.50 bits per heavy atom. The van der Waals surface area contributed by atoms with Crippen LogP contribution in [0.3, 0.4) is 0 Å². The largest absolute Gasteiger partial charge is 0.266 e. The van der Waals surface area contributed by atoms with Gasteiger partial charge in [0, 0.05) is 18.5 Å². The Labute approximate surface area is 202 Å². The van der Waals surface area contributed by atoms with Crippen LogP contribution >= 0.6 is 11.3 Å². The molecule has 0 saturated heterocycles. The summed E-state index contributed by atoms with van der Waals surface area (Å²) < 4.78 is 30.4. The highest BCUT2D eigenvalue weighted by atomic mass is 32.2. The molecule has 2 heterocycles. The molecular weight excluding hydrogens is 466 g/mol. The second-order valence-electron chi connectivity index (χ2n) is 8.06. The number of nitrogens with zero attached hydrogens (tertiary/aromatic N) is 5. The summed E-state index contributed by atoms with van der Waals surface area (Å²) in [4.78, 5) is 0.933. The molecule has 0 bridgehead atoms. The molecule has 0 unspecified atom stereocenters. The Morgan fingerprint density at radius 3 is 2.18 bits per heavy atom. The van der Waals surface area contributed by atoms with Gasteiger partial charge in [0.15, 0.2) is 5.82 Å². The van der Waals surface area contributed by atoms with E-state index in [0.29, 0.717) is 22.9 Å². The van der Waals surface area contributed by atoms with E-state index in [-0.39, 0.29) is 11.4 Å². The minimum atomic E-state index is -3.77. The monoisotopic (exact) mass is 489 g/mol. The smallest absolute Gasteiger partial charge is 0.264 e. The van der Waals surface area contributed by atoms with Crippen molar-refractivity contribution in [3.05, 3.63) is 95.8 Å². The van der Waals surface area contributed by atoms with E-state index < -0.39 is 10.0 Å². The molecular formula is C25H23N5O2S2. The van der Waals surface area contributed by atoms with Gasteiger partial charge in [0.1, 0.15) is 5.01 Å². The summed E-state index contributed by atoms with van der Waals surface area (Å²) in [6, 6.07) is 24.3. The van der Waals surface area contributed by atoms with Gasteiger partial charge in [0.25, 0.3) is 10.0 Å². The lowest BCUT2D eigenvalue weighted by molar-refractivity contribution is 0.589. The van der Waals surface area contributed by atoms with Crippen LogP contribution in [0.25, 0.3) is 15.5 Å². The maximum absolute atomic E-state index is 13.6. The number of anilines is 1. The van der Waals surface area contributed by atoms with Crippen LogP contribution in [0.4, 0.5) is 5.69 Å². The molecule has 5 rings (SSSR count). The van der Waals surface area contributed by atoms with Crippen molar-refractivity contribution in [3.63, 3.8) is 0 Å². The lowest BCUT2D eigenvalue weighted by atomic mass is 10.2. The standard InChI is InChI=1S/C25H23N5O2S2/c1-18-8-12-21(13-9-18)29(34(31,32)22-14-10-19(2)11-15-22)17-16-23-26-27-25-30(23)28-24(33-25)20-6-4-3-5-7-20/h3-15H,16-17H2,1-2H3. The molecule has 2 aromatic heterocycles. The van der Waals surface area contributed by atoms with Gasteiger partial charge in [0.2, 0.25) is 4.96 Å². The van der Waals surface area contributed by atoms with E-state index in [1.165, 1.54) is 15.6 Å². The van der Waals surface area contributed by atoms with Gasteiger partial charge in [-0.1, -0.05) is 77.1 Å². The maximum atomic E-state index is 13.6. The molecule has 0 aliphatic heterocycles. The summed E-state index contributed by atoms with van der Waals surface area (Å²) in [6.07, 6.45) is 0.359. The van der Waals surface area contributed by atoms with E-state index in [0.717, 1.165) is 21.7 Å². The fourth-order valence-electron chi connectivity index (χ4n) is 3.65. The van der Waals surface area contributed by atoms with E-state index in [9.17, 15) is 8.42 Å². The first-order valence-electron chi connectivity index (χ1n) is 10.8. The number of benzene rings is 3. The number of sulfonamides is 1. The van der Waals surface area contributed by atoms with Crippen molar-refractivity contribution in [1.29, 1.82) is 0 Å². The van der Waals surface area contributed by atoms with Crippen molar-refractivity contribution >= 4 is 32.0 Å². The van der Waals surface area contributed by atoms with E-state index in [4.69, 9.17) is 0 Å². The lowest BCUT2D eigenvalue weighted by Crippen LogP contribution is -2.33. The molecule has 0 saturated carbocycles. The second-order valence-corrected chi connectivity index (χ2v) is 10.9. The zero-order valence-electron chi connectivity index (χ0n) is 18.8. The van der Waals surface area contributed by atoms with E-state index >= 15 is 0 Å². The zero-order valence-corrected chi connectivity index (χ0v) is 20.4. The van der Waals surface area contributed by atoms with Gasteiger partial charge < -0.3 is 0 Å². The van der Waals surface area contributed by atoms with Crippen LogP contribution < -0.4 is 4.31 Å². The average molecular weight is 490 g/mol. The fraction of sp³-hybridized carbons (Fsp3) is 0.160. The van der Waals surface area contributed by atoms with E-state index in [1.54, 1.807) is 16.6 Å². The predicted molar refractivity (Wildman–Crippen MR) is 135 cm³/mol. The third-order valence-corrected chi connectivity index (χ3v) is 8.34. The van der Waals surface area contributed by atoms with E-state index in [2.05, 4.69) is 15.3 Å². The summed E-state index contributed by atoms with van der Waals surface area (Å²) in [5, 5.41) is 14.1. The Balaban J connectivity index is 1.47. The van der Waals surface area contributed by atoms with Gasteiger partial charge >= 0.3 is 0 Å². The molecule has 0 atom stereocenters. The van der Waals surface area contributed by atoms with Gasteiger partial charge in [0.05, 0.1) is 10.6 Å². The Morgan fingerprint density at radius 1 is 0.853 bits per heavy atom. The van der Waals surface area contributed by atoms with Crippen LogP contribution in [0.1, 0.15) is 17.0 Å². The van der Waals surface area contributed by atoms with Gasteiger partial charge in [-0.2, -0.15) is 9.61 Å². The second kappa shape index (κ2) is 9.00. The van der Waals surface area contributed by atoms with Crippen molar-refractivity contribution in [1.82, 2.24) is 19.8 Å². The zero-order chi connectivity index (χ0) is 23.7. The van der Waals surface area contributed by atoms with Gasteiger partial charge in [-0.3, -0.25) is 4.31 Å². The van der Waals surface area contributed by atoms with Crippen molar-refractivity contribution < 1.29 is 8.42 Å². The minimum Gasteiger partial charge on any atom is -0.266 e. The molecule has 172 valence electrons. The van der Waals surface area contributed by atoms with Gasteiger partial charge in [-0.15, -0.1) is 10.2 Å². The molecule has 0 amide bonds. The van der Waals surface area contributed by atoms with Crippen LogP contribution in [0, 0.1) is 13.8 Å². The third kappa shape index (κ3) is 4.32.